The van der Waals surface area contributed by atoms with Gasteiger partial charge in [0.2, 0.25) is 5.91 Å². The molecule has 0 aliphatic carbocycles. The molecule has 0 heterocycles. The van der Waals surface area contributed by atoms with Gasteiger partial charge in [-0.3, -0.25) is 4.79 Å². The highest BCUT2D eigenvalue weighted by Crippen LogP contribution is 2.12. The molecule has 0 aliphatic rings. The Morgan fingerprint density at radius 2 is 1.78 bits per heavy atom. The topological polar surface area (TPSA) is 44.7 Å². The Labute approximate surface area is 109 Å². The maximum Gasteiger partial charge on any atom is 0.245 e. The van der Waals surface area contributed by atoms with Gasteiger partial charge in [0, 0.05) is 25.2 Å². The quantitative estimate of drug-likeness (QED) is 0.657. The standard InChI is InChI=1S/C14H21N3O/c1-14(2,3)13(18)16-15-10-11-6-8-12(9-7-11)17(4)5/h6-10H,1-5H3,(H,16,18). The molecule has 0 unspecified atom stereocenters. The number of anilines is 1. The molecule has 1 aromatic carbocycles. The summed E-state index contributed by atoms with van der Waals surface area (Å²) in [6.45, 7) is 5.55. The van der Waals surface area contributed by atoms with Crippen molar-refractivity contribution in [2.75, 3.05) is 19.0 Å². The van der Waals surface area contributed by atoms with Gasteiger partial charge in [0.05, 0.1) is 6.21 Å². The number of hydrazone groups is 1. The van der Waals surface area contributed by atoms with Gasteiger partial charge >= 0.3 is 0 Å². The van der Waals surface area contributed by atoms with E-state index >= 15 is 0 Å². The molecule has 0 aromatic heterocycles. The zero-order chi connectivity index (χ0) is 13.8. The van der Waals surface area contributed by atoms with Crippen LogP contribution in [0.2, 0.25) is 0 Å². The summed E-state index contributed by atoms with van der Waals surface area (Å²) in [6, 6.07) is 7.93. The van der Waals surface area contributed by atoms with Crippen LogP contribution in [-0.2, 0) is 4.79 Å². The molecule has 4 heteroatoms. The van der Waals surface area contributed by atoms with Crippen LogP contribution in [0.4, 0.5) is 5.69 Å². The summed E-state index contributed by atoms with van der Waals surface area (Å²) in [5.74, 6) is -0.0938. The van der Waals surface area contributed by atoms with Gasteiger partial charge < -0.3 is 4.90 Å². The number of rotatable bonds is 3. The van der Waals surface area contributed by atoms with Crippen LogP contribution in [0.1, 0.15) is 26.3 Å². The lowest BCUT2D eigenvalue weighted by atomic mass is 9.96. The van der Waals surface area contributed by atoms with Crippen LogP contribution in [0.3, 0.4) is 0 Å². The first-order valence-electron chi connectivity index (χ1n) is 5.91. The summed E-state index contributed by atoms with van der Waals surface area (Å²) in [4.78, 5) is 13.6. The molecule has 0 fully saturated rings. The van der Waals surface area contributed by atoms with Crippen molar-refractivity contribution in [1.29, 1.82) is 0 Å². The van der Waals surface area contributed by atoms with E-state index in [9.17, 15) is 4.79 Å². The van der Waals surface area contributed by atoms with E-state index in [4.69, 9.17) is 0 Å². The third-order valence-corrected chi connectivity index (χ3v) is 2.47. The van der Waals surface area contributed by atoms with Crippen molar-refractivity contribution < 1.29 is 4.79 Å². The number of hydrogen-bond donors (Lipinski definition) is 1. The van der Waals surface area contributed by atoms with Crippen LogP contribution in [0, 0.1) is 5.41 Å². The fraction of sp³-hybridized carbons (Fsp3) is 0.429. The second kappa shape index (κ2) is 5.67. The lowest BCUT2D eigenvalue weighted by Crippen LogP contribution is -2.31. The highest BCUT2D eigenvalue weighted by atomic mass is 16.2. The van der Waals surface area contributed by atoms with Gasteiger partial charge in [-0.1, -0.05) is 32.9 Å². The Bertz CT molecular complexity index is 427. The number of nitrogens with one attached hydrogen (secondary N) is 1. The SMILES string of the molecule is CN(C)c1ccc(C=NNC(=O)C(C)(C)C)cc1. The third kappa shape index (κ3) is 4.20. The Balaban J connectivity index is 2.60. The van der Waals surface area contributed by atoms with Crippen molar-refractivity contribution in [3.63, 3.8) is 0 Å². The fourth-order valence-corrected chi connectivity index (χ4v) is 1.19. The van der Waals surface area contributed by atoms with Crippen molar-refractivity contribution in [3.8, 4) is 0 Å². The predicted octanol–water partition coefficient (Wildman–Crippen LogP) is 2.25. The van der Waals surface area contributed by atoms with Crippen molar-refractivity contribution in [2.45, 2.75) is 20.8 Å². The van der Waals surface area contributed by atoms with Crippen molar-refractivity contribution in [2.24, 2.45) is 10.5 Å². The summed E-state index contributed by atoms with van der Waals surface area (Å²) < 4.78 is 0. The largest absolute Gasteiger partial charge is 0.378 e. The van der Waals surface area contributed by atoms with Gasteiger partial charge in [0.25, 0.3) is 0 Å². The summed E-state index contributed by atoms with van der Waals surface area (Å²) >= 11 is 0. The molecule has 0 aliphatic heterocycles. The second-order valence-electron chi connectivity index (χ2n) is 5.44. The molecule has 0 saturated heterocycles. The smallest absolute Gasteiger partial charge is 0.245 e. The normalized spacial score (nSPS) is 11.6. The summed E-state index contributed by atoms with van der Waals surface area (Å²) in [6.07, 6.45) is 1.64. The Hall–Kier alpha value is -1.84. The summed E-state index contributed by atoms with van der Waals surface area (Å²) in [5, 5.41) is 3.94. The molecule has 98 valence electrons. The number of carbonyl (C=O) groups is 1. The maximum absolute atomic E-state index is 11.6. The third-order valence-electron chi connectivity index (χ3n) is 2.47. The highest BCUT2D eigenvalue weighted by molar-refractivity contribution is 5.84. The molecule has 18 heavy (non-hydrogen) atoms. The minimum Gasteiger partial charge on any atom is -0.378 e. The average Bonchev–Trinajstić information content (AvgIpc) is 2.28. The fourth-order valence-electron chi connectivity index (χ4n) is 1.19. The zero-order valence-electron chi connectivity index (χ0n) is 11.7. The molecule has 0 atom stereocenters. The van der Waals surface area contributed by atoms with E-state index in [1.807, 2.05) is 64.0 Å². The molecule has 0 radical (unpaired) electrons. The van der Waals surface area contributed by atoms with Gasteiger partial charge in [-0.25, -0.2) is 5.43 Å². The Morgan fingerprint density at radius 3 is 2.22 bits per heavy atom. The van der Waals surface area contributed by atoms with Crippen LogP contribution in [-0.4, -0.2) is 26.2 Å². The van der Waals surface area contributed by atoms with Crippen LogP contribution in [0.5, 0.6) is 0 Å². The maximum atomic E-state index is 11.6. The van der Waals surface area contributed by atoms with Crippen molar-refractivity contribution >= 4 is 17.8 Å². The second-order valence-corrected chi connectivity index (χ2v) is 5.44. The molecule has 4 nitrogen and oxygen atoms in total. The summed E-state index contributed by atoms with van der Waals surface area (Å²) in [5.41, 5.74) is 4.19. The minimum absolute atomic E-state index is 0.0938. The number of benzene rings is 1. The number of hydrogen-bond acceptors (Lipinski definition) is 3. The van der Waals surface area contributed by atoms with E-state index in [0.717, 1.165) is 11.3 Å². The monoisotopic (exact) mass is 247 g/mol. The average molecular weight is 247 g/mol. The molecular formula is C14H21N3O. The molecule has 1 amide bonds. The molecule has 1 rings (SSSR count). The molecular weight excluding hydrogens is 226 g/mol. The summed E-state index contributed by atoms with van der Waals surface area (Å²) in [7, 11) is 3.99. The van der Waals surface area contributed by atoms with Crippen molar-refractivity contribution in [3.05, 3.63) is 29.8 Å². The van der Waals surface area contributed by atoms with Crippen molar-refractivity contribution in [1.82, 2.24) is 5.43 Å². The van der Waals surface area contributed by atoms with E-state index in [1.165, 1.54) is 0 Å². The lowest BCUT2D eigenvalue weighted by Gasteiger charge is -2.14. The van der Waals surface area contributed by atoms with Crippen LogP contribution < -0.4 is 10.3 Å². The van der Waals surface area contributed by atoms with E-state index in [-0.39, 0.29) is 5.91 Å². The molecule has 0 spiro atoms. The predicted molar refractivity (Wildman–Crippen MR) is 76.0 cm³/mol. The van der Waals surface area contributed by atoms with E-state index in [0.29, 0.717) is 0 Å². The lowest BCUT2D eigenvalue weighted by molar-refractivity contribution is -0.128. The van der Waals surface area contributed by atoms with E-state index in [2.05, 4.69) is 10.5 Å². The van der Waals surface area contributed by atoms with Crippen LogP contribution in [0.25, 0.3) is 0 Å². The molecule has 0 bridgehead atoms. The molecule has 0 saturated carbocycles. The first-order chi connectivity index (χ1) is 8.30. The zero-order valence-corrected chi connectivity index (χ0v) is 11.7. The van der Waals surface area contributed by atoms with Gasteiger partial charge in [0.1, 0.15) is 0 Å². The Morgan fingerprint density at radius 1 is 1.22 bits per heavy atom. The van der Waals surface area contributed by atoms with Gasteiger partial charge in [-0.2, -0.15) is 5.10 Å². The minimum atomic E-state index is -0.424. The number of nitrogens with zero attached hydrogens (tertiary/aromatic N) is 2. The first-order valence-corrected chi connectivity index (χ1v) is 5.91. The number of amides is 1. The van der Waals surface area contributed by atoms with Gasteiger partial charge in [-0.15, -0.1) is 0 Å². The van der Waals surface area contributed by atoms with E-state index < -0.39 is 5.41 Å². The van der Waals surface area contributed by atoms with Gasteiger partial charge in [-0.05, 0) is 17.7 Å². The Kier molecular flexibility index (Phi) is 4.48. The number of carbonyl (C=O) groups excluding carboxylic acids is 1. The first kappa shape index (κ1) is 14.2. The molecule has 1 aromatic rings. The molecule has 1 N–H and O–H groups in total. The van der Waals surface area contributed by atoms with Crippen LogP contribution in [0.15, 0.2) is 29.4 Å². The van der Waals surface area contributed by atoms with Crippen LogP contribution >= 0.6 is 0 Å². The highest BCUT2D eigenvalue weighted by Gasteiger charge is 2.20. The van der Waals surface area contributed by atoms with E-state index in [1.54, 1.807) is 6.21 Å². The van der Waals surface area contributed by atoms with Gasteiger partial charge in [0.15, 0.2) is 0 Å².